The maximum absolute atomic E-state index is 12.7. The second-order valence-electron chi connectivity index (χ2n) is 6.04. The molecule has 7 heteroatoms. The molecule has 1 saturated heterocycles. The minimum atomic E-state index is -0.207. The van der Waals surface area contributed by atoms with Crippen LogP contribution < -0.4 is 10.1 Å². The van der Waals surface area contributed by atoms with E-state index in [-0.39, 0.29) is 12.1 Å². The first-order valence-electron chi connectivity index (χ1n) is 8.67. The van der Waals surface area contributed by atoms with E-state index in [2.05, 4.69) is 10.3 Å². The number of rotatable bonds is 7. The monoisotopic (exact) mass is 375 g/mol. The van der Waals surface area contributed by atoms with Crippen molar-refractivity contribution in [2.45, 2.75) is 18.9 Å². The number of nitrogens with one attached hydrogen (secondary N) is 1. The number of pyridine rings is 1. The quantitative estimate of drug-likeness (QED) is 0.747. The number of aromatic nitrogens is 1. The molecular formula is C19H22ClN3O3. The largest absolute Gasteiger partial charge is 0.492 e. The smallest absolute Gasteiger partial charge is 0.322 e. The molecule has 0 radical (unpaired) electrons. The third-order valence-corrected chi connectivity index (χ3v) is 4.31. The van der Waals surface area contributed by atoms with E-state index < -0.39 is 0 Å². The Hall–Kier alpha value is -2.31. The third-order valence-electron chi connectivity index (χ3n) is 4.09. The van der Waals surface area contributed by atoms with E-state index in [0.717, 1.165) is 25.2 Å². The maximum Gasteiger partial charge on any atom is 0.322 e. The van der Waals surface area contributed by atoms with Crippen molar-refractivity contribution in [2.24, 2.45) is 0 Å². The molecule has 0 spiro atoms. The average Bonchev–Trinajstić information content (AvgIpc) is 3.17. The lowest BCUT2D eigenvalue weighted by Gasteiger charge is -2.25. The first kappa shape index (κ1) is 18.5. The zero-order chi connectivity index (χ0) is 18.2. The summed E-state index contributed by atoms with van der Waals surface area (Å²) in [7, 11) is 0. The SMILES string of the molecule is O=C(Nc1ccc(Cl)nc1)N(CCOc1ccccc1)CC1CCCO1. The van der Waals surface area contributed by atoms with E-state index in [1.165, 1.54) is 6.20 Å². The molecule has 0 bridgehead atoms. The Bertz CT molecular complexity index is 691. The van der Waals surface area contributed by atoms with Gasteiger partial charge in [-0.25, -0.2) is 9.78 Å². The number of anilines is 1. The highest BCUT2D eigenvalue weighted by molar-refractivity contribution is 6.29. The van der Waals surface area contributed by atoms with Gasteiger partial charge in [-0.15, -0.1) is 0 Å². The maximum atomic E-state index is 12.7. The van der Waals surface area contributed by atoms with Crippen LogP contribution in [0.4, 0.5) is 10.5 Å². The topological polar surface area (TPSA) is 63.7 Å². The lowest BCUT2D eigenvalue weighted by Crippen LogP contribution is -2.42. The van der Waals surface area contributed by atoms with Crippen LogP contribution in [0.15, 0.2) is 48.7 Å². The summed E-state index contributed by atoms with van der Waals surface area (Å²) in [6, 6.07) is 12.7. The molecule has 1 aliphatic heterocycles. The Morgan fingerprint density at radius 2 is 2.15 bits per heavy atom. The molecule has 1 unspecified atom stereocenters. The van der Waals surface area contributed by atoms with E-state index in [1.807, 2.05) is 30.3 Å². The van der Waals surface area contributed by atoms with Crippen LogP contribution in [0.2, 0.25) is 5.15 Å². The number of halogens is 1. The molecule has 1 atom stereocenters. The van der Waals surface area contributed by atoms with Crippen LogP contribution in [0.5, 0.6) is 5.75 Å². The molecule has 1 aliphatic rings. The Kier molecular flexibility index (Phi) is 6.68. The number of ether oxygens (including phenoxy) is 2. The molecule has 138 valence electrons. The van der Waals surface area contributed by atoms with Gasteiger partial charge < -0.3 is 19.7 Å². The van der Waals surface area contributed by atoms with Crippen molar-refractivity contribution < 1.29 is 14.3 Å². The molecule has 1 aromatic carbocycles. The number of urea groups is 1. The van der Waals surface area contributed by atoms with Gasteiger partial charge in [0.25, 0.3) is 0 Å². The summed E-state index contributed by atoms with van der Waals surface area (Å²) in [4.78, 5) is 18.4. The highest BCUT2D eigenvalue weighted by Crippen LogP contribution is 2.16. The van der Waals surface area contributed by atoms with Gasteiger partial charge in [0, 0.05) is 13.2 Å². The van der Waals surface area contributed by atoms with E-state index in [1.54, 1.807) is 17.0 Å². The van der Waals surface area contributed by atoms with Gasteiger partial charge in [0.05, 0.1) is 24.5 Å². The Morgan fingerprint density at radius 3 is 2.85 bits per heavy atom. The zero-order valence-corrected chi connectivity index (χ0v) is 15.2. The van der Waals surface area contributed by atoms with Gasteiger partial charge in [-0.3, -0.25) is 0 Å². The summed E-state index contributed by atoms with van der Waals surface area (Å²) in [6.45, 7) is 2.15. The summed E-state index contributed by atoms with van der Waals surface area (Å²) >= 11 is 5.78. The van der Waals surface area contributed by atoms with Crippen LogP contribution in [-0.2, 0) is 4.74 Å². The van der Waals surface area contributed by atoms with Crippen molar-refractivity contribution in [1.29, 1.82) is 0 Å². The molecule has 2 amide bonds. The van der Waals surface area contributed by atoms with Gasteiger partial charge in [0.2, 0.25) is 0 Å². The Morgan fingerprint density at radius 1 is 1.31 bits per heavy atom. The molecule has 0 aliphatic carbocycles. The van der Waals surface area contributed by atoms with Gasteiger partial charge in [-0.1, -0.05) is 29.8 Å². The minimum absolute atomic E-state index is 0.0702. The molecule has 1 aromatic heterocycles. The van der Waals surface area contributed by atoms with Gasteiger partial charge >= 0.3 is 6.03 Å². The number of para-hydroxylation sites is 1. The Balaban J connectivity index is 1.57. The number of carbonyl (C=O) groups excluding carboxylic acids is 1. The van der Waals surface area contributed by atoms with Gasteiger partial charge in [0.15, 0.2) is 0 Å². The van der Waals surface area contributed by atoms with E-state index in [9.17, 15) is 4.79 Å². The molecule has 0 saturated carbocycles. The van der Waals surface area contributed by atoms with Gasteiger partial charge in [0.1, 0.15) is 17.5 Å². The lowest BCUT2D eigenvalue weighted by atomic mass is 10.2. The fourth-order valence-corrected chi connectivity index (χ4v) is 2.86. The second kappa shape index (κ2) is 9.40. The molecular weight excluding hydrogens is 354 g/mol. The first-order chi connectivity index (χ1) is 12.7. The highest BCUT2D eigenvalue weighted by Gasteiger charge is 2.22. The Labute approximate surface area is 158 Å². The van der Waals surface area contributed by atoms with Crippen LogP contribution >= 0.6 is 11.6 Å². The van der Waals surface area contributed by atoms with Crippen LogP contribution in [0.25, 0.3) is 0 Å². The van der Waals surface area contributed by atoms with Crippen molar-refractivity contribution in [3.05, 3.63) is 53.8 Å². The molecule has 2 heterocycles. The minimum Gasteiger partial charge on any atom is -0.492 e. The summed E-state index contributed by atoms with van der Waals surface area (Å²) in [5, 5.41) is 3.23. The summed E-state index contributed by atoms with van der Waals surface area (Å²) in [5.74, 6) is 0.784. The zero-order valence-electron chi connectivity index (χ0n) is 14.4. The van der Waals surface area contributed by atoms with Crippen LogP contribution in [0.3, 0.4) is 0 Å². The van der Waals surface area contributed by atoms with Crippen molar-refractivity contribution >= 4 is 23.3 Å². The number of hydrogen-bond donors (Lipinski definition) is 1. The number of carbonyl (C=O) groups is 1. The standard InChI is InChI=1S/C19H22ClN3O3/c20-18-9-8-15(13-21-18)22-19(24)23(14-17-7-4-11-25-17)10-12-26-16-5-2-1-3-6-16/h1-3,5-6,8-9,13,17H,4,7,10-12,14H2,(H,22,24). The van der Waals surface area contributed by atoms with Crippen molar-refractivity contribution in [1.82, 2.24) is 9.88 Å². The molecule has 26 heavy (non-hydrogen) atoms. The fraction of sp³-hybridized carbons (Fsp3) is 0.368. The van der Waals surface area contributed by atoms with Crippen molar-refractivity contribution in [2.75, 3.05) is 31.6 Å². The summed E-state index contributed by atoms with van der Waals surface area (Å²) in [6.07, 6.45) is 3.60. The van der Waals surface area contributed by atoms with Crippen LogP contribution in [-0.4, -0.2) is 48.3 Å². The second-order valence-corrected chi connectivity index (χ2v) is 6.43. The number of benzene rings is 1. The van der Waals surface area contributed by atoms with Gasteiger partial charge in [-0.05, 0) is 37.1 Å². The molecule has 3 rings (SSSR count). The molecule has 1 fully saturated rings. The number of hydrogen-bond acceptors (Lipinski definition) is 4. The summed E-state index contributed by atoms with van der Waals surface area (Å²) in [5.41, 5.74) is 0.598. The lowest BCUT2D eigenvalue weighted by molar-refractivity contribution is 0.0799. The van der Waals surface area contributed by atoms with E-state index in [0.29, 0.717) is 30.5 Å². The molecule has 6 nitrogen and oxygen atoms in total. The summed E-state index contributed by atoms with van der Waals surface area (Å²) < 4.78 is 11.4. The normalized spacial score (nSPS) is 16.3. The first-order valence-corrected chi connectivity index (χ1v) is 9.05. The molecule has 2 aromatic rings. The van der Waals surface area contributed by atoms with Crippen molar-refractivity contribution in [3.63, 3.8) is 0 Å². The van der Waals surface area contributed by atoms with Crippen molar-refractivity contribution in [3.8, 4) is 5.75 Å². The van der Waals surface area contributed by atoms with E-state index >= 15 is 0 Å². The predicted octanol–water partition coefficient (Wildman–Crippen LogP) is 3.83. The predicted molar refractivity (Wildman–Crippen MR) is 101 cm³/mol. The van der Waals surface area contributed by atoms with Crippen LogP contribution in [0, 0.1) is 0 Å². The number of nitrogens with zero attached hydrogens (tertiary/aromatic N) is 2. The fourth-order valence-electron chi connectivity index (χ4n) is 2.75. The van der Waals surface area contributed by atoms with E-state index in [4.69, 9.17) is 21.1 Å². The highest BCUT2D eigenvalue weighted by atomic mass is 35.5. The molecule has 1 N–H and O–H groups in total. The third kappa shape index (κ3) is 5.61. The average molecular weight is 376 g/mol. The van der Waals surface area contributed by atoms with Gasteiger partial charge in [-0.2, -0.15) is 0 Å². The van der Waals surface area contributed by atoms with Crippen LogP contribution in [0.1, 0.15) is 12.8 Å². The number of amides is 2.